The average molecular weight is 509 g/mol. The molecule has 0 bridgehead atoms. The van der Waals surface area contributed by atoms with Crippen LogP contribution in [0.2, 0.25) is 10.0 Å². The summed E-state index contributed by atoms with van der Waals surface area (Å²) in [4.78, 5) is 26.5. The minimum absolute atomic E-state index is 0.227. The summed E-state index contributed by atoms with van der Waals surface area (Å²) in [6.07, 6.45) is 0. The summed E-state index contributed by atoms with van der Waals surface area (Å²) in [5, 5.41) is 10.9. The molecule has 0 spiro atoms. The van der Waals surface area contributed by atoms with Gasteiger partial charge in [-0.15, -0.1) is 0 Å². The predicted octanol–water partition coefficient (Wildman–Crippen LogP) is 5.51. The fourth-order valence-corrected chi connectivity index (χ4v) is 4.64. The molecule has 2 atom stereocenters. The van der Waals surface area contributed by atoms with Crippen LogP contribution in [0.4, 0.5) is 10.2 Å². The monoisotopic (exact) mass is 508 g/mol. The van der Waals surface area contributed by atoms with E-state index in [0.29, 0.717) is 22.1 Å². The molecule has 0 saturated heterocycles. The quantitative estimate of drug-likeness (QED) is 0.381. The summed E-state index contributed by atoms with van der Waals surface area (Å²) in [6, 6.07) is 18.8. The Morgan fingerprint density at radius 2 is 1.74 bits per heavy atom. The predicted molar refractivity (Wildman–Crippen MR) is 133 cm³/mol. The van der Waals surface area contributed by atoms with E-state index in [1.807, 2.05) is 37.3 Å². The maximum absolute atomic E-state index is 13.7. The van der Waals surface area contributed by atoms with Crippen molar-refractivity contribution in [2.45, 2.75) is 18.9 Å². The number of amides is 2. The zero-order valence-electron chi connectivity index (χ0n) is 18.4. The van der Waals surface area contributed by atoms with E-state index in [9.17, 15) is 14.0 Å². The van der Waals surface area contributed by atoms with Gasteiger partial charge in [-0.05, 0) is 55.0 Å². The van der Waals surface area contributed by atoms with Crippen molar-refractivity contribution >= 4 is 40.8 Å². The van der Waals surface area contributed by atoms with Crippen molar-refractivity contribution in [3.05, 3.63) is 111 Å². The molecule has 2 N–H and O–H groups in total. The molecule has 1 aromatic heterocycles. The maximum atomic E-state index is 13.7. The van der Waals surface area contributed by atoms with Crippen LogP contribution in [-0.4, -0.2) is 27.6 Å². The number of hydrogen-bond donors (Lipinski definition) is 2. The van der Waals surface area contributed by atoms with Crippen molar-refractivity contribution in [3.8, 4) is 5.69 Å². The van der Waals surface area contributed by atoms with Crippen LogP contribution in [0.5, 0.6) is 0 Å². The van der Waals surface area contributed by atoms with Gasteiger partial charge in [0.1, 0.15) is 17.7 Å². The second-order valence-corrected chi connectivity index (χ2v) is 9.01. The van der Waals surface area contributed by atoms with Gasteiger partial charge in [-0.3, -0.25) is 9.59 Å². The Labute approximate surface area is 210 Å². The van der Waals surface area contributed by atoms with Gasteiger partial charge >= 0.3 is 0 Å². The lowest BCUT2D eigenvalue weighted by Crippen LogP contribution is -2.50. The third kappa shape index (κ3) is 4.29. The molecule has 0 unspecified atom stereocenters. The highest BCUT2D eigenvalue weighted by Crippen LogP contribution is 2.40. The molecular formula is C26H19Cl2FN4O2. The minimum Gasteiger partial charge on any atom is -0.339 e. The van der Waals surface area contributed by atoms with Gasteiger partial charge in [0.15, 0.2) is 0 Å². The number of aromatic nitrogens is 2. The molecule has 3 aromatic carbocycles. The highest BCUT2D eigenvalue weighted by atomic mass is 35.5. The first-order chi connectivity index (χ1) is 16.8. The molecule has 0 radical (unpaired) electrons. The molecule has 0 aliphatic carbocycles. The second kappa shape index (κ2) is 9.17. The number of aryl methyl sites for hydroxylation is 1. The lowest BCUT2D eigenvalue weighted by molar-refractivity contribution is -0.118. The zero-order valence-corrected chi connectivity index (χ0v) is 19.9. The summed E-state index contributed by atoms with van der Waals surface area (Å²) in [5.74, 6) is -1.41. The summed E-state index contributed by atoms with van der Waals surface area (Å²) >= 11 is 12.1. The van der Waals surface area contributed by atoms with Crippen LogP contribution in [0.1, 0.15) is 33.1 Å². The van der Waals surface area contributed by atoms with Crippen molar-refractivity contribution in [1.29, 1.82) is 0 Å². The fraction of sp³-hybridized carbons (Fsp3) is 0.115. The van der Waals surface area contributed by atoms with Crippen LogP contribution in [0.3, 0.4) is 0 Å². The number of halogens is 3. The Morgan fingerprint density at radius 1 is 1.03 bits per heavy atom. The van der Waals surface area contributed by atoms with E-state index in [-0.39, 0.29) is 10.6 Å². The molecule has 2 amide bonds. The Balaban J connectivity index is 1.61. The van der Waals surface area contributed by atoms with Gasteiger partial charge in [-0.25, -0.2) is 9.07 Å². The molecule has 35 heavy (non-hydrogen) atoms. The summed E-state index contributed by atoms with van der Waals surface area (Å²) in [6.45, 7) is 1.84. The van der Waals surface area contributed by atoms with Crippen LogP contribution in [0.15, 0.2) is 72.8 Å². The van der Waals surface area contributed by atoms with Crippen LogP contribution < -0.4 is 10.6 Å². The first kappa shape index (κ1) is 23.1. The number of nitrogens with zero attached hydrogens (tertiary/aromatic N) is 2. The number of carbonyl (C=O) groups is 2. The number of para-hydroxylation sites is 1. The first-order valence-corrected chi connectivity index (χ1v) is 11.6. The molecule has 9 heteroatoms. The van der Waals surface area contributed by atoms with E-state index in [1.165, 1.54) is 30.3 Å². The maximum Gasteiger partial charge on any atom is 0.252 e. The number of rotatable bonds is 4. The zero-order chi connectivity index (χ0) is 24.7. The topological polar surface area (TPSA) is 76.0 Å². The second-order valence-electron chi connectivity index (χ2n) is 8.19. The normalized spacial score (nSPS) is 17.0. The summed E-state index contributed by atoms with van der Waals surface area (Å²) in [7, 11) is 0. The molecule has 0 saturated carbocycles. The van der Waals surface area contributed by atoms with Gasteiger partial charge in [0, 0.05) is 17.0 Å². The van der Waals surface area contributed by atoms with Crippen LogP contribution in [0.25, 0.3) is 5.69 Å². The van der Waals surface area contributed by atoms with Gasteiger partial charge in [0.25, 0.3) is 5.91 Å². The van der Waals surface area contributed by atoms with E-state index in [0.717, 1.165) is 11.3 Å². The SMILES string of the molecule is Cc1nn(-c2ccccc2)c2c1[C@@H](c1ccc(F)cc1)[C@H](NC(=O)c1ccc(Cl)c(Cl)c1)C(=O)N2. The van der Waals surface area contributed by atoms with E-state index in [2.05, 4.69) is 15.7 Å². The molecule has 5 rings (SSSR count). The first-order valence-electron chi connectivity index (χ1n) is 10.8. The molecule has 176 valence electrons. The third-order valence-corrected chi connectivity index (χ3v) is 6.71. The number of nitrogens with one attached hydrogen (secondary N) is 2. The Morgan fingerprint density at radius 3 is 2.43 bits per heavy atom. The van der Waals surface area contributed by atoms with Crippen molar-refractivity contribution in [3.63, 3.8) is 0 Å². The number of benzene rings is 3. The standard InChI is InChI=1S/C26H19Cl2FN4O2/c1-14-21-22(15-7-10-17(29)11-8-15)23(30-25(34)16-9-12-19(27)20(28)13-16)26(35)31-24(21)33(32-14)18-5-3-2-4-6-18/h2-13,22-23H,1H3,(H,30,34)(H,31,35)/t22-,23+/m1/s1. The lowest BCUT2D eigenvalue weighted by Gasteiger charge is -2.32. The molecular weight excluding hydrogens is 490 g/mol. The lowest BCUT2D eigenvalue weighted by atomic mass is 9.82. The van der Waals surface area contributed by atoms with Crippen LogP contribution in [0, 0.1) is 12.7 Å². The van der Waals surface area contributed by atoms with Gasteiger partial charge < -0.3 is 10.6 Å². The van der Waals surface area contributed by atoms with Crippen molar-refractivity contribution in [1.82, 2.24) is 15.1 Å². The van der Waals surface area contributed by atoms with E-state index in [1.54, 1.807) is 16.8 Å². The van der Waals surface area contributed by atoms with Gasteiger partial charge in [0.2, 0.25) is 5.91 Å². The van der Waals surface area contributed by atoms with Crippen molar-refractivity contribution in [2.24, 2.45) is 0 Å². The van der Waals surface area contributed by atoms with Crippen molar-refractivity contribution in [2.75, 3.05) is 5.32 Å². The average Bonchev–Trinajstić information content (AvgIpc) is 3.18. The minimum atomic E-state index is -0.984. The molecule has 6 nitrogen and oxygen atoms in total. The van der Waals surface area contributed by atoms with Gasteiger partial charge in [0.05, 0.1) is 21.4 Å². The highest BCUT2D eigenvalue weighted by Gasteiger charge is 2.41. The van der Waals surface area contributed by atoms with E-state index < -0.39 is 29.6 Å². The Hall–Kier alpha value is -3.68. The molecule has 1 aliphatic rings. The van der Waals surface area contributed by atoms with Crippen LogP contribution >= 0.6 is 23.2 Å². The fourth-order valence-electron chi connectivity index (χ4n) is 4.34. The van der Waals surface area contributed by atoms with E-state index in [4.69, 9.17) is 23.2 Å². The smallest absolute Gasteiger partial charge is 0.252 e. The van der Waals surface area contributed by atoms with E-state index >= 15 is 0 Å². The number of anilines is 1. The molecule has 1 aliphatic heterocycles. The molecule has 0 fully saturated rings. The third-order valence-electron chi connectivity index (χ3n) is 5.97. The summed E-state index contributed by atoms with van der Waals surface area (Å²) in [5.41, 5.74) is 3.10. The number of fused-ring (bicyclic) bond motifs is 1. The molecule has 2 heterocycles. The number of hydrogen-bond acceptors (Lipinski definition) is 3. The Kier molecular flexibility index (Phi) is 6.05. The van der Waals surface area contributed by atoms with Crippen molar-refractivity contribution < 1.29 is 14.0 Å². The number of carbonyl (C=O) groups excluding carboxylic acids is 2. The largest absolute Gasteiger partial charge is 0.339 e. The highest BCUT2D eigenvalue weighted by molar-refractivity contribution is 6.42. The summed E-state index contributed by atoms with van der Waals surface area (Å²) < 4.78 is 15.4. The molecule has 4 aromatic rings. The van der Waals surface area contributed by atoms with Crippen LogP contribution in [-0.2, 0) is 4.79 Å². The Bertz CT molecular complexity index is 1440. The van der Waals surface area contributed by atoms with Gasteiger partial charge in [-0.2, -0.15) is 5.10 Å². The van der Waals surface area contributed by atoms with Gasteiger partial charge in [-0.1, -0.05) is 53.5 Å².